The lowest BCUT2D eigenvalue weighted by Gasteiger charge is -2.12. The lowest BCUT2D eigenvalue weighted by molar-refractivity contribution is 0.137. The van der Waals surface area contributed by atoms with Gasteiger partial charge in [-0.1, -0.05) is 13.3 Å². The Kier molecular flexibility index (Phi) is 6.19. The van der Waals surface area contributed by atoms with Crippen molar-refractivity contribution in [3.8, 4) is 22.2 Å². The highest BCUT2D eigenvalue weighted by Gasteiger charge is 2.27. The molecule has 1 unspecified atom stereocenters. The number of amides is 1. The van der Waals surface area contributed by atoms with Gasteiger partial charge in [0, 0.05) is 17.5 Å². The van der Waals surface area contributed by atoms with Crippen LogP contribution in [0.2, 0.25) is 0 Å². The zero-order chi connectivity index (χ0) is 23.7. The number of ether oxygens (including phenoxy) is 3. The molecule has 2 aromatic carbocycles. The highest BCUT2D eigenvalue weighted by molar-refractivity contribution is 7.22. The molecule has 1 N–H and O–H groups in total. The molecule has 34 heavy (non-hydrogen) atoms. The lowest BCUT2D eigenvalue weighted by atomic mass is 10.1. The molecule has 9 heteroatoms. The number of carbonyl (C=O) groups excluding carboxylic acids is 1. The van der Waals surface area contributed by atoms with Gasteiger partial charge in [0.25, 0.3) is 0 Å². The van der Waals surface area contributed by atoms with E-state index in [1.165, 1.54) is 0 Å². The second-order valence-electron chi connectivity index (χ2n) is 8.32. The highest BCUT2D eigenvalue weighted by Crippen LogP contribution is 2.41. The molecule has 176 valence electrons. The van der Waals surface area contributed by atoms with Gasteiger partial charge in [0.05, 0.1) is 47.7 Å². The summed E-state index contributed by atoms with van der Waals surface area (Å²) in [5.41, 5.74) is 5.64. The molecule has 1 aliphatic rings. The molecule has 3 heterocycles. The van der Waals surface area contributed by atoms with Crippen molar-refractivity contribution >= 4 is 38.7 Å². The number of benzene rings is 2. The Balaban J connectivity index is 1.40. The van der Waals surface area contributed by atoms with Crippen molar-refractivity contribution in [1.82, 2.24) is 20.3 Å². The van der Waals surface area contributed by atoms with E-state index in [4.69, 9.17) is 19.2 Å². The third kappa shape index (κ3) is 4.35. The number of alkyl carbamates (subject to hydrolysis) is 1. The molecule has 4 aromatic rings. The van der Waals surface area contributed by atoms with Gasteiger partial charge >= 0.3 is 6.09 Å². The first kappa shape index (κ1) is 22.3. The van der Waals surface area contributed by atoms with Crippen LogP contribution in [0, 0.1) is 6.92 Å². The van der Waals surface area contributed by atoms with Crippen LogP contribution in [-0.2, 0) is 11.2 Å². The van der Waals surface area contributed by atoms with Crippen LogP contribution in [0.3, 0.4) is 0 Å². The summed E-state index contributed by atoms with van der Waals surface area (Å²) in [5, 5.41) is 3.70. The van der Waals surface area contributed by atoms with E-state index in [0.717, 1.165) is 61.5 Å². The number of thiazole rings is 1. The number of rotatable bonds is 7. The van der Waals surface area contributed by atoms with E-state index < -0.39 is 6.09 Å². The van der Waals surface area contributed by atoms with Crippen molar-refractivity contribution in [2.24, 2.45) is 0 Å². The standard InChI is InChI=1S/C25H26N4O4S/c1-4-5-8-32-25(30)27-12-15-11-16-20(33-15)7-6-18-23(16)34-24(29-18)17-9-14(2)10-19-22(17)26-13-21(28-19)31-3/h6-7,9-10,13,15H,4-5,8,11-12H2,1-3H3,(H,27,30). The Morgan fingerprint density at radius 2 is 2.15 bits per heavy atom. The predicted octanol–water partition coefficient (Wildman–Crippen LogP) is 5.05. The number of nitrogens with zero attached hydrogens (tertiary/aromatic N) is 3. The Morgan fingerprint density at radius 1 is 1.26 bits per heavy atom. The Hall–Kier alpha value is -3.46. The van der Waals surface area contributed by atoms with Gasteiger partial charge in [0.15, 0.2) is 0 Å². The minimum atomic E-state index is -0.401. The Labute approximate surface area is 201 Å². The molecule has 0 saturated heterocycles. The quantitative estimate of drug-likeness (QED) is 0.371. The van der Waals surface area contributed by atoms with Gasteiger partial charge in [-0.3, -0.25) is 0 Å². The fourth-order valence-corrected chi connectivity index (χ4v) is 5.20. The first-order valence-electron chi connectivity index (χ1n) is 11.4. The van der Waals surface area contributed by atoms with E-state index in [1.54, 1.807) is 24.6 Å². The predicted molar refractivity (Wildman–Crippen MR) is 132 cm³/mol. The summed E-state index contributed by atoms with van der Waals surface area (Å²) in [6.45, 7) is 4.92. The molecule has 0 aliphatic carbocycles. The van der Waals surface area contributed by atoms with E-state index in [1.807, 2.05) is 25.1 Å². The van der Waals surface area contributed by atoms with E-state index in [0.29, 0.717) is 25.5 Å². The number of hydrogen-bond acceptors (Lipinski definition) is 8. The third-order valence-corrected chi connectivity index (χ3v) is 6.92. The Bertz CT molecular complexity index is 1370. The van der Waals surface area contributed by atoms with Crippen LogP contribution in [0.1, 0.15) is 30.9 Å². The van der Waals surface area contributed by atoms with Crippen LogP contribution in [-0.4, -0.2) is 47.4 Å². The summed E-state index contributed by atoms with van der Waals surface area (Å²) in [6.07, 6.45) is 3.64. The van der Waals surface area contributed by atoms with Gasteiger partial charge in [-0.2, -0.15) is 0 Å². The van der Waals surface area contributed by atoms with Crippen molar-refractivity contribution in [2.45, 2.75) is 39.2 Å². The molecule has 0 spiro atoms. The van der Waals surface area contributed by atoms with Crippen LogP contribution in [0.4, 0.5) is 4.79 Å². The summed E-state index contributed by atoms with van der Waals surface area (Å²) < 4.78 is 17.6. The van der Waals surface area contributed by atoms with E-state index >= 15 is 0 Å². The van der Waals surface area contributed by atoms with Crippen LogP contribution in [0.5, 0.6) is 11.6 Å². The summed E-state index contributed by atoms with van der Waals surface area (Å²) in [7, 11) is 1.58. The highest BCUT2D eigenvalue weighted by atomic mass is 32.1. The normalized spacial score (nSPS) is 14.7. The van der Waals surface area contributed by atoms with Crippen molar-refractivity contribution < 1.29 is 19.0 Å². The Morgan fingerprint density at radius 3 is 2.97 bits per heavy atom. The molecule has 2 aromatic heterocycles. The SMILES string of the molecule is CCCCOC(=O)NCC1Cc2c(ccc3nc(-c4cc(C)cc5nc(OC)cnc45)sc23)O1. The molecule has 8 nitrogen and oxygen atoms in total. The second-order valence-corrected chi connectivity index (χ2v) is 9.32. The summed E-state index contributed by atoms with van der Waals surface area (Å²) in [4.78, 5) is 25.9. The van der Waals surface area contributed by atoms with Gasteiger partial charge in [-0.05, 0) is 43.2 Å². The molecular weight excluding hydrogens is 452 g/mol. The maximum atomic E-state index is 11.9. The second kappa shape index (κ2) is 9.42. The summed E-state index contributed by atoms with van der Waals surface area (Å²) >= 11 is 1.63. The van der Waals surface area contributed by atoms with Crippen LogP contribution < -0.4 is 14.8 Å². The first-order chi connectivity index (χ1) is 16.6. The molecule has 5 rings (SSSR count). The molecule has 0 bridgehead atoms. The van der Waals surface area contributed by atoms with Crippen LogP contribution >= 0.6 is 11.3 Å². The van der Waals surface area contributed by atoms with Crippen molar-refractivity contribution in [1.29, 1.82) is 0 Å². The molecule has 0 radical (unpaired) electrons. The van der Waals surface area contributed by atoms with Gasteiger partial charge in [-0.25, -0.2) is 19.7 Å². The zero-order valence-corrected chi connectivity index (χ0v) is 20.2. The fraction of sp³-hybridized carbons (Fsp3) is 0.360. The van der Waals surface area contributed by atoms with Gasteiger partial charge < -0.3 is 19.5 Å². The smallest absolute Gasteiger partial charge is 0.407 e. The molecule has 1 aliphatic heterocycles. The summed E-state index contributed by atoms with van der Waals surface area (Å²) in [5.74, 6) is 1.32. The first-order valence-corrected chi connectivity index (χ1v) is 12.2. The fourth-order valence-electron chi connectivity index (χ4n) is 4.08. The molecular formula is C25H26N4O4S. The minimum absolute atomic E-state index is 0.136. The molecule has 1 atom stereocenters. The number of aromatic nitrogens is 3. The molecule has 1 amide bonds. The number of methoxy groups -OCH3 is 1. The largest absolute Gasteiger partial charge is 0.488 e. The average Bonchev–Trinajstić information content (AvgIpc) is 3.45. The van der Waals surface area contributed by atoms with E-state index in [-0.39, 0.29) is 6.10 Å². The maximum absolute atomic E-state index is 11.9. The topological polar surface area (TPSA) is 95.5 Å². The van der Waals surface area contributed by atoms with Crippen molar-refractivity contribution in [3.05, 3.63) is 41.6 Å². The van der Waals surface area contributed by atoms with E-state index in [2.05, 4.69) is 28.3 Å². The monoisotopic (exact) mass is 478 g/mol. The number of carbonyl (C=O) groups is 1. The average molecular weight is 479 g/mol. The molecule has 0 fully saturated rings. The number of fused-ring (bicyclic) bond motifs is 4. The van der Waals surface area contributed by atoms with Gasteiger partial charge in [-0.15, -0.1) is 11.3 Å². The minimum Gasteiger partial charge on any atom is -0.488 e. The lowest BCUT2D eigenvalue weighted by Crippen LogP contribution is -2.34. The van der Waals surface area contributed by atoms with Crippen LogP contribution in [0.25, 0.3) is 31.8 Å². The van der Waals surface area contributed by atoms with Crippen molar-refractivity contribution in [3.63, 3.8) is 0 Å². The van der Waals surface area contributed by atoms with Crippen LogP contribution in [0.15, 0.2) is 30.5 Å². The number of aryl methyl sites for hydroxylation is 1. The number of hydrogen-bond donors (Lipinski definition) is 1. The van der Waals surface area contributed by atoms with E-state index in [9.17, 15) is 4.79 Å². The maximum Gasteiger partial charge on any atom is 0.407 e. The summed E-state index contributed by atoms with van der Waals surface area (Å²) in [6, 6.07) is 8.03. The third-order valence-electron chi connectivity index (χ3n) is 5.76. The zero-order valence-electron chi connectivity index (χ0n) is 19.4. The number of unbranched alkanes of at least 4 members (excludes halogenated alkanes) is 1. The van der Waals surface area contributed by atoms with Gasteiger partial charge in [0.2, 0.25) is 5.88 Å². The number of nitrogens with one attached hydrogen (secondary N) is 1. The van der Waals surface area contributed by atoms with Crippen molar-refractivity contribution in [2.75, 3.05) is 20.3 Å². The molecule has 0 saturated carbocycles. The van der Waals surface area contributed by atoms with Gasteiger partial charge in [0.1, 0.15) is 16.9 Å².